The molecule has 5 nitrogen and oxygen atoms in total. The van der Waals surface area contributed by atoms with Gasteiger partial charge in [-0.1, -0.05) is 0 Å². The number of fused-ring (bicyclic) bond motifs is 1. The summed E-state index contributed by atoms with van der Waals surface area (Å²) in [5.74, 6) is 0.664. The van der Waals surface area contributed by atoms with Crippen molar-refractivity contribution in [3.8, 4) is 0 Å². The lowest BCUT2D eigenvalue weighted by atomic mass is 9.95. The van der Waals surface area contributed by atoms with Gasteiger partial charge in [0.1, 0.15) is 0 Å². The first-order valence-corrected chi connectivity index (χ1v) is 8.46. The lowest BCUT2D eigenvalue weighted by Gasteiger charge is -2.35. The van der Waals surface area contributed by atoms with Gasteiger partial charge in [-0.15, -0.1) is 0 Å². The van der Waals surface area contributed by atoms with Crippen molar-refractivity contribution in [1.29, 1.82) is 0 Å². The van der Waals surface area contributed by atoms with E-state index in [1.165, 1.54) is 37.9 Å². The van der Waals surface area contributed by atoms with Gasteiger partial charge in [-0.2, -0.15) is 0 Å². The fourth-order valence-electron chi connectivity index (χ4n) is 4.16. The smallest absolute Gasteiger partial charge is 0.0949 e. The summed E-state index contributed by atoms with van der Waals surface area (Å²) >= 11 is 0. The van der Waals surface area contributed by atoms with Crippen molar-refractivity contribution < 1.29 is 4.74 Å². The number of nitrogens with zero attached hydrogens (tertiary/aromatic N) is 3. The normalized spacial score (nSPS) is 31.4. The van der Waals surface area contributed by atoms with Crippen LogP contribution in [0, 0.1) is 0 Å². The highest BCUT2D eigenvalue weighted by atomic mass is 16.5. The third kappa shape index (κ3) is 2.87. The van der Waals surface area contributed by atoms with Crippen LogP contribution in [0.3, 0.4) is 0 Å². The molecule has 2 atom stereocenters. The van der Waals surface area contributed by atoms with E-state index in [1.54, 1.807) is 0 Å². The monoisotopic (exact) mass is 290 g/mol. The number of hydrogen-bond donors (Lipinski definition) is 1. The molecule has 3 saturated heterocycles. The van der Waals surface area contributed by atoms with Crippen LogP contribution in [0.25, 0.3) is 0 Å². The van der Waals surface area contributed by atoms with Gasteiger partial charge in [0.25, 0.3) is 0 Å². The molecule has 0 amide bonds. The van der Waals surface area contributed by atoms with Crippen LogP contribution in [-0.4, -0.2) is 59.4 Å². The Bertz CT molecular complexity index is 469. The molecule has 1 aromatic rings. The van der Waals surface area contributed by atoms with Crippen molar-refractivity contribution in [2.75, 3.05) is 32.8 Å². The number of ether oxygens (including phenoxy) is 1. The molecule has 3 fully saturated rings. The highest BCUT2D eigenvalue weighted by molar-refractivity contribution is 5.08. The third-order valence-corrected chi connectivity index (χ3v) is 5.36. The standard InChI is InChI=1S/C16H26N4O/c1-2-14-11-21-15(9-19(14)7-1)10-20-12-18-8-16(20)13-3-5-17-6-4-13/h8,12-15,17H,1-7,9-11H2. The second-order valence-corrected chi connectivity index (χ2v) is 6.74. The second-order valence-electron chi connectivity index (χ2n) is 6.74. The molecule has 4 heterocycles. The Morgan fingerprint density at radius 3 is 3.10 bits per heavy atom. The molecule has 0 aromatic carbocycles. The molecule has 0 aliphatic carbocycles. The molecule has 0 spiro atoms. The number of hydrogen-bond acceptors (Lipinski definition) is 4. The molecule has 0 bridgehead atoms. The molecule has 0 radical (unpaired) electrons. The lowest BCUT2D eigenvalue weighted by molar-refractivity contribution is -0.0555. The molecule has 2 unspecified atom stereocenters. The molecular formula is C16H26N4O. The lowest BCUT2D eigenvalue weighted by Crippen LogP contribution is -2.47. The number of morpholine rings is 1. The Morgan fingerprint density at radius 2 is 2.19 bits per heavy atom. The molecule has 1 aromatic heterocycles. The minimum atomic E-state index is 0.328. The average Bonchev–Trinajstić information content (AvgIpc) is 3.16. The summed E-state index contributed by atoms with van der Waals surface area (Å²) < 4.78 is 8.45. The minimum absolute atomic E-state index is 0.328. The van der Waals surface area contributed by atoms with Crippen LogP contribution in [-0.2, 0) is 11.3 Å². The first-order chi connectivity index (χ1) is 10.4. The van der Waals surface area contributed by atoms with Gasteiger partial charge in [-0.25, -0.2) is 4.98 Å². The van der Waals surface area contributed by atoms with E-state index in [1.807, 2.05) is 6.33 Å². The van der Waals surface area contributed by atoms with E-state index in [4.69, 9.17) is 4.74 Å². The zero-order valence-corrected chi connectivity index (χ0v) is 12.7. The van der Waals surface area contributed by atoms with Crippen LogP contribution in [0.1, 0.15) is 37.3 Å². The summed E-state index contributed by atoms with van der Waals surface area (Å²) in [5.41, 5.74) is 1.41. The highest BCUT2D eigenvalue weighted by Crippen LogP contribution is 2.27. The van der Waals surface area contributed by atoms with Gasteiger partial charge >= 0.3 is 0 Å². The summed E-state index contributed by atoms with van der Waals surface area (Å²) in [6.45, 7) is 6.49. The van der Waals surface area contributed by atoms with E-state index < -0.39 is 0 Å². The molecule has 0 saturated carbocycles. The molecule has 3 aliphatic rings. The van der Waals surface area contributed by atoms with E-state index in [0.717, 1.165) is 32.8 Å². The van der Waals surface area contributed by atoms with Crippen LogP contribution in [0.15, 0.2) is 12.5 Å². The average molecular weight is 290 g/mol. The van der Waals surface area contributed by atoms with Crippen molar-refractivity contribution in [3.63, 3.8) is 0 Å². The minimum Gasteiger partial charge on any atom is -0.373 e. The number of nitrogens with one attached hydrogen (secondary N) is 1. The molecule has 21 heavy (non-hydrogen) atoms. The molecule has 5 heteroatoms. The fraction of sp³-hybridized carbons (Fsp3) is 0.812. The SMILES string of the molecule is c1ncn(CC2CN3CCCC3CO2)c1C1CCNCC1. The summed E-state index contributed by atoms with van der Waals surface area (Å²) in [4.78, 5) is 7.02. The number of piperidine rings is 1. The van der Waals surface area contributed by atoms with E-state index in [9.17, 15) is 0 Å². The van der Waals surface area contributed by atoms with Crippen LogP contribution >= 0.6 is 0 Å². The predicted octanol–water partition coefficient (Wildman–Crippen LogP) is 1.21. The van der Waals surface area contributed by atoms with Crippen molar-refractivity contribution in [1.82, 2.24) is 19.8 Å². The van der Waals surface area contributed by atoms with E-state index in [-0.39, 0.29) is 0 Å². The first kappa shape index (κ1) is 13.7. The van der Waals surface area contributed by atoms with E-state index in [2.05, 4.69) is 26.0 Å². The second kappa shape index (κ2) is 6.07. The van der Waals surface area contributed by atoms with Gasteiger partial charge in [-0.3, -0.25) is 4.90 Å². The zero-order valence-electron chi connectivity index (χ0n) is 12.7. The van der Waals surface area contributed by atoms with Crippen molar-refractivity contribution in [2.24, 2.45) is 0 Å². The van der Waals surface area contributed by atoms with Gasteiger partial charge < -0.3 is 14.6 Å². The molecule has 4 rings (SSSR count). The van der Waals surface area contributed by atoms with Crippen molar-refractivity contribution in [2.45, 2.75) is 50.3 Å². The molecule has 1 N–H and O–H groups in total. The van der Waals surface area contributed by atoms with Crippen LogP contribution in [0.4, 0.5) is 0 Å². The van der Waals surface area contributed by atoms with Crippen LogP contribution in [0.2, 0.25) is 0 Å². The molecular weight excluding hydrogens is 264 g/mol. The van der Waals surface area contributed by atoms with E-state index >= 15 is 0 Å². The summed E-state index contributed by atoms with van der Waals surface area (Å²) in [6, 6.07) is 0.688. The summed E-state index contributed by atoms with van der Waals surface area (Å²) in [7, 11) is 0. The third-order valence-electron chi connectivity index (χ3n) is 5.36. The maximum Gasteiger partial charge on any atom is 0.0949 e. The Labute approximate surface area is 126 Å². The van der Waals surface area contributed by atoms with Crippen molar-refractivity contribution >= 4 is 0 Å². The van der Waals surface area contributed by atoms with Crippen LogP contribution < -0.4 is 5.32 Å². The molecule has 3 aliphatic heterocycles. The number of imidazole rings is 1. The van der Waals surface area contributed by atoms with Gasteiger partial charge in [0, 0.05) is 30.4 Å². The van der Waals surface area contributed by atoms with Gasteiger partial charge in [-0.05, 0) is 45.3 Å². The summed E-state index contributed by atoms with van der Waals surface area (Å²) in [6.07, 6.45) is 9.50. The topological polar surface area (TPSA) is 42.3 Å². The fourth-order valence-corrected chi connectivity index (χ4v) is 4.16. The first-order valence-electron chi connectivity index (χ1n) is 8.46. The van der Waals surface area contributed by atoms with Gasteiger partial charge in [0.05, 0.1) is 25.6 Å². The number of aromatic nitrogens is 2. The summed E-state index contributed by atoms with van der Waals surface area (Å²) in [5, 5.41) is 3.44. The quantitative estimate of drug-likeness (QED) is 0.909. The van der Waals surface area contributed by atoms with Gasteiger partial charge in [0.15, 0.2) is 0 Å². The highest BCUT2D eigenvalue weighted by Gasteiger charge is 2.32. The molecule has 116 valence electrons. The Morgan fingerprint density at radius 1 is 1.29 bits per heavy atom. The maximum atomic E-state index is 6.10. The number of rotatable bonds is 3. The zero-order chi connectivity index (χ0) is 14.1. The Hall–Kier alpha value is -0.910. The Kier molecular flexibility index (Phi) is 3.97. The largest absolute Gasteiger partial charge is 0.373 e. The maximum absolute atomic E-state index is 6.10. The van der Waals surface area contributed by atoms with Gasteiger partial charge in [0.2, 0.25) is 0 Å². The predicted molar refractivity (Wildman–Crippen MR) is 81.4 cm³/mol. The van der Waals surface area contributed by atoms with E-state index in [0.29, 0.717) is 18.1 Å². The van der Waals surface area contributed by atoms with Crippen LogP contribution in [0.5, 0.6) is 0 Å². The van der Waals surface area contributed by atoms with Crippen molar-refractivity contribution in [3.05, 3.63) is 18.2 Å². The Balaban J connectivity index is 1.41.